The maximum absolute atomic E-state index is 12.6. The number of aromatic hydroxyl groups is 1. The van der Waals surface area contributed by atoms with Gasteiger partial charge in [-0.15, -0.1) is 0 Å². The van der Waals surface area contributed by atoms with Crippen molar-refractivity contribution in [3.05, 3.63) is 80.5 Å². The summed E-state index contributed by atoms with van der Waals surface area (Å²) in [5.41, 5.74) is 3.09. The van der Waals surface area contributed by atoms with Crippen LogP contribution in [0.5, 0.6) is 11.5 Å². The number of anilines is 1. The number of phenols is 1. The van der Waals surface area contributed by atoms with Gasteiger partial charge in [0, 0.05) is 12.6 Å². The molecule has 0 amide bonds. The van der Waals surface area contributed by atoms with E-state index in [1.54, 1.807) is 24.3 Å². The number of aromatic nitrogens is 4. The minimum Gasteiger partial charge on any atom is -0.507 e. The second kappa shape index (κ2) is 9.63. The van der Waals surface area contributed by atoms with Gasteiger partial charge < -0.3 is 19.5 Å². The lowest BCUT2D eigenvalue weighted by Gasteiger charge is -2.16. The lowest BCUT2D eigenvalue weighted by atomic mass is 10.2. The van der Waals surface area contributed by atoms with Gasteiger partial charge >= 0.3 is 5.69 Å². The van der Waals surface area contributed by atoms with Crippen molar-refractivity contribution >= 4 is 23.3 Å². The van der Waals surface area contributed by atoms with Crippen LogP contribution < -0.4 is 21.4 Å². The molecule has 2 aromatic heterocycles. The van der Waals surface area contributed by atoms with Crippen molar-refractivity contribution in [1.82, 2.24) is 19.1 Å². The summed E-state index contributed by atoms with van der Waals surface area (Å²) < 4.78 is 8.35. The van der Waals surface area contributed by atoms with E-state index in [0.717, 1.165) is 5.56 Å². The fraction of sp³-hybridized carbons (Fsp3) is 0.217. The fourth-order valence-electron chi connectivity index (χ4n) is 3.42. The van der Waals surface area contributed by atoms with Gasteiger partial charge in [-0.2, -0.15) is 10.1 Å². The number of nitrogens with zero attached hydrogens (tertiary/aromatic N) is 4. The number of aliphatic hydroxyl groups excluding tert-OH is 1. The molecule has 4 aromatic rings. The van der Waals surface area contributed by atoms with Gasteiger partial charge in [-0.05, 0) is 30.7 Å². The highest BCUT2D eigenvalue weighted by Gasteiger charge is 2.20. The molecule has 0 spiro atoms. The predicted octanol–water partition coefficient (Wildman–Crippen LogP) is 1.32. The smallest absolute Gasteiger partial charge is 0.329 e. The Labute approximate surface area is 193 Å². The average molecular weight is 464 g/mol. The van der Waals surface area contributed by atoms with Gasteiger partial charge in [0.15, 0.2) is 11.2 Å². The molecule has 11 heteroatoms. The molecule has 2 heterocycles. The summed E-state index contributed by atoms with van der Waals surface area (Å²) in [5.74, 6) is 0.815. The molecule has 4 rings (SSSR count). The van der Waals surface area contributed by atoms with Gasteiger partial charge in [-0.1, -0.05) is 30.3 Å². The number of rotatable bonds is 8. The molecule has 0 aliphatic carbocycles. The summed E-state index contributed by atoms with van der Waals surface area (Å²) in [4.78, 5) is 31.2. The molecule has 0 aliphatic rings. The van der Waals surface area contributed by atoms with Crippen LogP contribution in [0, 0.1) is 6.92 Å². The molecular formula is C23H24N6O5. The maximum atomic E-state index is 12.6. The second-order valence-corrected chi connectivity index (χ2v) is 7.70. The highest BCUT2D eigenvalue weighted by Crippen LogP contribution is 2.19. The van der Waals surface area contributed by atoms with Crippen LogP contribution in [0.2, 0.25) is 0 Å². The SMILES string of the molecule is Cc1ccccc1OCC(O)Cn1c(NN=Cc2ccccc2O)nc2c1c(=O)[nH]c(=O)n2C. The largest absolute Gasteiger partial charge is 0.507 e. The molecule has 0 fully saturated rings. The third-order valence-corrected chi connectivity index (χ3v) is 5.23. The topological polar surface area (TPSA) is 147 Å². The van der Waals surface area contributed by atoms with E-state index in [1.165, 1.54) is 28.5 Å². The van der Waals surface area contributed by atoms with E-state index in [4.69, 9.17) is 4.74 Å². The van der Waals surface area contributed by atoms with Crippen LogP contribution in [0.1, 0.15) is 11.1 Å². The Morgan fingerprint density at radius 3 is 2.71 bits per heavy atom. The summed E-state index contributed by atoms with van der Waals surface area (Å²) in [6, 6.07) is 14.1. The normalized spacial score (nSPS) is 12.3. The Bertz CT molecular complexity index is 1470. The van der Waals surface area contributed by atoms with Crippen LogP contribution in [0.3, 0.4) is 0 Å². The van der Waals surface area contributed by atoms with Crippen molar-refractivity contribution < 1.29 is 14.9 Å². The summed E-state index contributed by atoms with van der Waals surface area (Å²) >= 11 is 0. The van der Waals surface area contributed by atoms with Crippen molar-refractivity contribution in [3.8, 4) is 11.5 Å². The number of aryl methyl sites for hydroxylation is 2. The van der Waals surface area contributed by atoms with Crippen LogP contribution in [-0.4, -0.2) is 48.2 Å². The number of H-pyrrole nitrogens is 1. The molecule has 34 heavy (non-hydrogen) atoms. The Morgan fingerprint density at radius 2 is 1.94 bits per heavy atom. The van der Waals surface area contributed by atoms with Gasteiger partial charge in [-0.3, -0.25) is 14.3 Å². The highest BCUT2D eigenvalue weighted by molar-refractivity contribution is 5.83. The summed E-state index contributed by atoms with van der Waals surface area (Å²) in [6.45, 7) is 1.81. The number of aliphatic hydroxyl groups is 1. The molecule has 2 aromatic carbocycles. The minimum atomic E-state index is -1.00. The lowest BCUT2D eigenvalue weighted by Crippen LogP contribution is -2.30. The number of hydrogen-bond acceptors (Lipinski definition) is 8. The van der Waals surface area contributed by atoms with E-state index < -0.39 is 17.4 Å². The predicted molar refractivity (Wildman–Crippen MR) is 128 cm³/mol. The Hall–Kier alpha value is -4.38. The monoisotopic (exact) mass is 464 g/mol. The molecule has 1 atom stereocenters. The third-order valence-electron chi connectivity index (χ3n) is 5.23. The van der Waals surface area contributed by atoms with Crippen molar-refractivity contribution in [2.75, 3.05) is 12.0 Å². The Balaban J connectivity index is 1.64. The first kappa shape index (κ1) is 22.8. The molecule has 176 valence electrons. The van der Waals surface area contributed by atoms with E-state index in [0.29, 0.717) is 11.3 Å². The maximum Gasteiger partial charge on any atom is 0.329 e. The molecule has 0 saturated heterocycles. The van der Waals surface area contributed by atoms with Crippen LogP contribution in [0.4, 0.5) is 5.95 Å². The number of para-hydroxylation sites is 2. The van der Waals surface area contributed by atoms with Crippen molar-refractivity contribution in [3.63, 3.8) is 0 Å². The second-order valence-electron chi connectivity index (χ2n) is 7.70. The zero-order valence-corrected chi connectivity index (χ0v) is 18.6. The van der Waals surface area contributed by atoms with Crippen LogP contribution in [0.15, 0.2) is 63.2 Å². The van der Waals surface area contributed by atoms with E-state index in [-0.39, 0.29) is 36.0 Å². The number of hydrogen-bond donors (Lipinski definition) is 4. The summed E-state index contributed by atoms with van der Waals surface area (Å²) in [7, 11) is 1.48. The lowest BCUT2D eigenvalue weighted by molar-refractivity contribution is 0.0935. The minimum absolute atomic E-state index is 0.0329. The van der Waals surface area contributed by atoms with E-state index >= 15 is 0 Å². The van der Waals surface area contributed by atoms with Crippen LogP contribution in [-0.2, 0) is 13.6 Å². The third kappa shape index (κ3) is 4.69. The molecule has 0 saturated carbocycles. The first-order valence-electron chi connectivity index (χ1n) is 10.5. The molecule has 0 radical (unpaired) electrons. The van der Waals surface area contributed by atoms with Gasteiger partial charge in [0.05, 0.1) is 12.8 Å². The number of benzene rings is 2. The van der Waals surface area contributed by atoms with Gasteiger partial charge in [0.2, 0.25) is 5.95 Å². The number of phenolic OH excluding ortho intramolecular Hbond substituents is 1. The zero-order valence-electron chi connectivity index (χ0n) is 18.6. The first-order valence-corrected chi connectivity index (χ1v) is 10.5. The number of hydrazone groups is 1. The Morgan fingerprint density at radius 1 is 1.21 bits per heavy atom. The standard InChI is InChI=1S/C23H24N6O5/c1-14-7-3-6-10-18(14)34-13-16(30)12-29-19-20(28(2)23(33)26-21(19)32)25-22(29)27-24-11-15-8-4-5-9-17(15)31/h3-11,16,30-31H,12-13H2,1-2H3,(H,25,27)(H,26,32,33). The van der Waals surface area contributed by atoms with Crippen molar-refractivity contribution in [2.24, 2.45) is 12.1 Å². The Kier molecular flexibility index (Phi) is 6.46. The van der Waals surface area contributed by atoms with Crippen LogP contribution in [0.25, 0.3) is 11.2 Å². The van der Waals surface area contributed by atoms with Gasteiger partial charge in [-0.25, -0.2) is 10.2 Å². The molecule has 11 nitrogen and oxygen atoms in total. The molecule has 0 bridgehead atoms. The zero-order chi connectivity index (χ0) is 24.2. The van der Waals surface area contributed by atoms with E-state index in [9.17, 15) is 19.8 Å². The number of imidazole rings is 1. The number of ether oxygens (including phenoxy) is 1. The first-order chi connectivity index (χ1) is 16.3. The van der Waals surface area contributed by atoms with Crippen molar-refractivity contribution in [2.45, 2.75) is 19.6 Å². The molecular weight excluding hydrogens is 440 g/mol. The molecule has 1 unspecified atom stereocenters. The van der Waals surface area contributed by atoms with Gasteiger partial charge in [0.1, 0.15) is 24.2 Å². The summed E-state index contributed by atoms with van der Waals surface area (Å²) in [5, 5.41) is 24.7. The fourth-order valence-corrected chi connectivity index (χ4v) is 3.42. The van der Waals surface area contributed by atoms with Crippen LogP contribution >= 0.6 is 0 Å². The molecule has 4 N–H and O–H groups in total. The number of nitrogens with one attached hydrogen (secondary N) is 2. The number of fused-ring (bicyclic) bond motifs is 1. The molecule has 0 aliphatic heterocycles. The highest BCUT2D eigenvalue weighted by atomic mass is 16.5. The van der Waals surface area contributed by atoms with Crippen molar-refractivity contribution in [1.29, 1.82) is 0 Å². The quantitative estimate of drug-likeness (QED) is 0.227. The summed E-state index contributed by atoms with van der Waals surface area (Å²) in [6.07, 6.45) is 0.385. The van der Waals surface area contributed by atoms with E-state index in [1.807, 2.05) is 25.1 Å². The van der Waals surface area contributed by atoms with E-state index in [2.05, 4.69) is 20.5 Å². The number of aromatic amines is 1. The van der Waals surface area contributed by atoms with Gasteiger partial charge in [0.25, 0.3) is 5.56 Å². The average Bonchev–Trinajstić information content (AvgIpc) is 3.17.